The summed E-state index contributed by atoms with van der Waals surface area (Å²) in [4.78, 5) is 2.75. The van der Waals surface area contributed by atoms with Crippen molar-refractivity contribution in [1.29, 1.82) is 0 Å². The minimum atomic E-state index is 0.481. The number of hydrogen-bond acceptors (Lipinski definition) is 3. The van der Waals surface area contributed by atoms with E-state index >= 15 is 0 Å². The molecule has 3 atom stereocenters. The van der Waals surface area contributed by atoms with Crippen LogP contribution in [0.5, 0.6) is 0 Å². The van der Waals surface area contributed by atoms with Crippen LogP contribution in [0.3, 0.4) is 0 Å². The van der Waals surface area contributed by atoms with Crippen LogP contribution in [-0.2, 0) is 0 Å². The van der Waals surface area contributed by atoms with Crippen LogP contribution in [0.15, 0.2) is 0 Å². The molecule has 2 saturated heterocycles. The van der Waals surface area contributed by atoms with Crippen LogP contribution in [0.4, 0.5) is 0 Å². The summed E-state index contributed by atoms with van der Waals surface area (Å²) in [5, 5.41) is 0. The molecule has 2 N–H and O–H groups in total. The quantitative estimate of drug-likeness (QED) is 0.797. The van der Waals surface area contributed by atoms with Crippen molar-refractivity contribution in [2.24, 2.45) is 11.7 Å². The van der Waals surface area contributed by atoms with Crippen LogP contribution in [-0.4, -0.2) is 41.6 Å². The molecule has 2 heterocycles. The Morgan fingerprint density at radius 2 is 1.93 bits per heavy atom. The topological polar surface area (TPSA) is 29.3 Å². The van der Waals surface area contributed by atoms with Gasteiger partial charge < -0.3 is 5.73 Å². The van der Waals surface area contributed by atoms with Gasteiger partial charge in [-0.25, -0.2) is 0 Å². The van der Waals surface area contributed by atoms with Crippen LogP contribution < -0.4 is 5.73 Å². The molecule has 2 aliphatic rings. The first-order valence-electron chi connectivity index (χ1n) is 6.21. The first-order chi connectivity index (χ1) is 7.20. The number of hydrogen-bond donors (Lipinski definition) is 1. The second kappa shape index (κ2) is 5.07. The number of piperidine rings is 1. The zero-order valence-corrected chi connectivity index (χ0v) is 10.8. The lowest BCUT2D eigenvalue weighted by atomic mass is 9.97. The molecule has 2 rings (SSSR count). The van der Waals surface area contributed by atoms with E-state index in [0.717, 1.165) is 18.0 Å². The molecule has 2 fully saturated rings. The Morgan fingerprint density at radius 1 is 1.33 bits per heavy atom. The summed E-state index contributed by atoms with van der Waals surface area (Å²) in [7, 11) is 0. The van der Waals surface area contributed by atoms with Gasteiger partial charge in [0.1, 0.15) is 0 Å². The molecule has 0 saturated carbocycles. The number of nitrogens with zero attached hydrogens (tertiary/aromatic N) is 1. The smallest absolute Gasteiger partial charge is 0.0114 e. The number of rotatable bonds is 4. The van der Waals surface area contributed by atoms with E-state index < -0.39 is 0 Å². The second-order valence-corrected chi connectivity index (χ2v) is 6.28. The molecular weight excluding hydrogens is 204 g/mol. The highest BCUT2D eigenvalue weighted by Gasteiger charge is 2.39. The highest BCUT2D eigenvalue weighted by molar-refractivity contribution is 7.98. The first-order valence-corrected chi connectivity index (χ1v) is 7.60. The lowest BCUT2D eigenvalue weighted by molar-refractivity contribution is 0.114. The van der Waals surface area contributed by atoms with Crippen molar-refractivity contribution in [2.45, 2.75) is 50.7 Å². The molecule has 2 nitrogen and oxygen atoms in total. The molecule has 0 spiro atoms. The van der Waals surface area contributed by atoms with Crippen molar-refractivity contribution in [1.82, 2.24) is 4.90 Å². The van der Waals surface area contributed by atoms with E-state index in [1.54, 1.807) is 0 Å². The van der Waals surface area contributed by atoms with Gasteiger partial charge in [0.25, 0.3) is 0 Å². The minimum Gasteiger partial charge on any atom is -0.328 e. The molecule has 0 aliphatic carbocycles. The Balaban J connectivity index is 1.88. The van der Waals surface area contributed by atoms with E-state index in [4.69, 9.17) is 5.73 Å². The Labute approximate surface area is 98.0 Å². The Kier molecular flexibility index (Phi) is 3.97. The second-order valence-electron chi connectivity index (χ2n) is 5.37. The highest BCUT2D eigenvalue weighted by Crippen LogP contribution is 2.35. The average molecular weight is 228 g/mol. The molecule has 0 radical (unpaired) electrons. The van der Waals surface area contributed by atoms with Gasteiger partial charge in [-0.1, -0.05) is 6.92 Å². The Bertz CT molecular complexity index is 196. The van der Waals surface area contributed by atoms with E-state index in [1.807, 2.05) is 11.8 Å². The zero-order valence-electron chi connectivity index (χ0n) is 9.98. The molecular formula is C12H24N2S. The molecule has 3 heteroatoms. The van der Waals surface area contributed by atoms with Crippen molar-refractivity contribution in [3.63, 3.8) is 0 Å². The average Bonchev–Trinajstić information content (AvgIpc) is 2.44. The highest BCUT2D eigenvalue weighted by atomic mass is 32.2. The van der Waals surface area contributed by atoms with E-state index in [2.05, 4.69) is 18.1 Å². The molecule has 0 aromatic heterocycles. The van der Waals surface area contributed by atoms with Gasteiger partial charge in [-0.15, -0.1) is 0 Å². The predicted molar refractivity (Wildman–Crippen MR) is 68.3 cm³/mol. The lowest BCUT2D eigenvalue weighted by Crippen LogP contribution is -2.48. The number of fused-ring (bicyclic) bond motifs is 2. The molecule has 0 aromatic carbocycles. The Hall–Kier alpha value is 0.270. The van der Waals surface area contributed by atoms with E-state index in [9.17, 15) is 0 Å². The first kappa shape index (κ1) is 11.7. The number of nitrogens with two attached hydrogens (primary N) is 1. The normalized spacial score (nSPS) is 38.2. The fraction of sp³-hybridized carbons (Fsp3) is 1.00. The van der Waals surface area contributed by atoms with Crippen LogP contribution in [0.2, 0.25) is 0 Å². The van der Waals surface area contributed by atoms with Crippen molar-refractivity contribution >= 4 is 11.8 Å². The predicted octanol–water partition coefficient (Wildman–Crippen LogP) is 1.94. The van der Waals surface area contributed by atoms with E-state index in [0.29, 0.717) is 6.04 Å². The van der Waals surface area contributed by atoms with Gasteiger partial charge in [0.15, 0.2) is 0 Å². The summed E-state index contributed by atoms with van der Waals surface area (Å²) in [5.74, 6) is 2.12. The van der Waals surface area contributed by atoms with Gasteiger partial charge >= 0.3 is 0 Å². The van der Waals surface area contributed by atoms with E-state index in [-0.39, 0.29) is 0 Å². The van der Waals surface area contributed by atoms with E-state index in [1.165, 1.54) is 38.0 Å². The number of thioether (sulfide) groups is 1. The maximum Gasteiger partial charge on any atom is 0.0114 e. The van der Waals surface area contributed by atoms with Crippen molar-refractivity contribution < 1.29 is 0 Å². The third-order valence-corrected chi connectivity index (χ3v) is 4.80. The van der Waals surface area contributed by atoms with Crippen molar-refractivity contribution in [2.75, 3.05) is 18.6 Å². The van der Waals surface area contributed by atoms with Crippen LogP contribution in [0.1, 0.15) is 32.6 Å². The molecule has 15 heavy (non-hydrogen) atoms. The summed E-state index contributed by atoms with van der Waals surface area (Å²) < 4.78 is 0. The fourth-order valence-corrected chi connectivity index (χ4v) is 3.99. The van der Waals surface area contributed by atoms with Crippen LogP contribution in [0.25, 0.3) is 0 Å². The molecule has 88 valence electrons. The third kappa shape index (κ3) is 2.69. The SMILES string of the molecule is CSCC(C)CN1C2CCC1CC(N)C2. The van der Waals surface area contributed by atoms with Gasteiger partial charge in [0.05, 0.1) is 0 Å². The fourth-order valence-electron chi connectivity index (χ4n) is 3.31. The van der Waals surface area contributed by atoms with Crippen molar-refractivity contribution in [3.8, 4) is 0 Å². The maximum absolute atomic E-state index is 6.08. The minimum absolute atomic E-state index is 0.481. The summed E-state index contributed by atoms with van der Waals surface area (Å²) in [6, 6.07) is 2.10. The van der Waals surface area contributed by atoms with Crippen molar-refractivity contribution in [3.05, 3.63) is 0 Å². The molecule has 3 unspecified atom stereocenters. The van der Waals surface area contributed by atoms with Gasteiger partial charge in [0, 0.05) is 24.7 Å². The maximum atomic E-state index is 6.08. The van der Waals surface area contributed by atoms with Gasteiger partial charge in [0.2, 0.25) is 0 Å². The summed E-state index contributed by atoms with van der Waals surface area (Å²) in [6.07, 6.45) is 7.47. The molecule has 0 aromatic rings. The monoisotopic (exact) mass is 228 g/mol. The largest absolute Gasteiger partial charge is 0.328 e. The van der Waals surface area contributed by atoms with Gasteiger partial charge in [-0.05, 0) is 43.6 Å². The standard InChI is InChI=1S/C12H24N2S/c1-9(8-15-2)7-14-11-3-4-12(14)6-10(13)5-11/h9-12H,3-8,13H2,1-2H3. The van der Waals surface area contributed by atoms with Crippen LogP contribution >= 0.6 is 11.8 Å². The van der Waals surface area contributed by atoms with Crippen LogP contribution in [0, 0.1) is 5.92 Å². The summed E-state index contributed by atoms with van der Waals surface area (Å²) >= 11 is 1.97. The molecule has 0 amide bonds. The molecule has 2 bridgehead atoms. The summed E-state index contributed by atoms with van der Waals surface area (Å²) in [5.41, 5.74) is 6.08. The lowest BCUT2D eigenvalue weighted by Gasteiger charge is -2.39. The summed E-state index contributed by atoms with van der Waals surface area (Å²) in [6.45, 7) is 3.67. The van der Waals surface area contributed by atoms with Gasteiger partial charge in [-0.2, -0.15) is 11.8 Å². The third-order valence-electron chi connectivity index (χ3n) is 3.89. The molecule has 2 aliphatic heterocycles. The van der Waals surface area contributed by atoms with Gasteiger partial charge in [-0.3, -0.25) is 4.90 Å². The Morgan fingerprint density at radius 3 is 2.47 bits per heavy atom. The zero-order chi connectivity index (χ0) is 10.8.